The number of ketones is 1. The second-order valence-corrected chi connectivity index (χ2v) is 7.68. The van der Waals surface area contributed by atoms with E-state index in [4.69, 9.17) is 4.74 Å². The molecule has 0 aromatic heterocycles. The van der Waals surface area contributed by atoms with Crippen molar-refractivity contribution in [2.24, 2.45) is 5.92 Å². The number of Topliss-reactive ketones (excluding diaryl/α,β-unsaturated/α-hetero) is 1. The summed E-state index contributed by atoms with van der Waals surface area (Å²) in [6, 6.07) is 18.6. The van der Waals surface area contributed by atoms with Crippen molar-refractivity contribution in [2.45, 2.75) is 31.3 Å². The summed E-state index contributed by atoms with van der Waals surface area (Å²) in [5.74, 6) is 0.476. The Labute approximate surface area is 160 Å². The van der Waals surface area contributed by atoms with Crippen LogP contribution in [-0.4, -0.2) is 43.0 Å². The molecule has 0 radical (unpaired) electrons. The number of carbonyl (C=O) groups is 1. The number of piperidine rings is 1. The van der Waals surface area contributed by atoms with E-state index in [2.05, 4.69) is 18.0 Å². The summed E-state index contributed by atoms with van der Waals surface area (Å²) >= 11 is 0. The molecule has 2 aromatic carbocycles. The van der Waals surface area contributed by atoms with Crippen LogP contribution in [0.5, 0.6) is 0 Å². The van der Waals surface area contributed by atoms with E-state index in [0.29, 0.717) is 29.9 Å². The number of morpholine rings is 1. The van der Waals surface area contributed by atoms with Gasteiger partial charge in [-0.2, -0.15) is 5.26 Å². The van der Waals surface area contributed by atoms with Crippen molar-refractivity contribution in [1.82, 2.24) is 4.90 Å². The molecule has 4 nitrogen and oxygen atoms in total. The van der Waals surface area contributed by atoms with Gasteiger partial charge in [0.25, 0.3) is 0 Å². The molecule has 2 aliphatic heterocycles. The highest BCUT2D eigenvalue weighted by Crippen LogP contribution is 2.31. The van der Waals surface area contributed by atoms with Crippen LogP contribution >= 0.6 is 0 Å². The molecule has 2 atom stereocenters. The number of hydrogen-bond donors (Lipinski definition) is 0. The first-order valence-electron chi connectivity index (χ1n) is 9.56. The molecular weight excluding hydrogens is 336 g/mol. The zero-order chi connectivity index (χ0) is 18.8. The summed E-state index contributed by atoms with van der Waals surface area (Å²) in [6.07, 6.45) is 2.29. The third-order valence-corrected chi connectivity index (χ3v) is 6.03. The molecule has 2 aliphatic rings. The summed E-state index contributed by atoms with van der Waals surface area (Å²) in [5, 5.41) is 9.28. The number of benzene rings is 2. The van der Waals surface area contributed by atoms with Gasteiger partial charge in [0.2, 0.25) is 0 Å². The Morgan fingerprint density at radius 1 is 1.11 bits per heavy atom. The van der Waals surface area contributed by atoms with E-state index in [-0.39, 0.29) is 5.92 Å². The number of carbonyl (C=O) groups excluding carboxylic acids is 1. The van der Waals surface area contributed by atoms with Crippen LogP contribution in [-0.2, 0) is 16.0 Å². The fourth-order valence-corrected chi connectivity index (χ4v) is 4.34. The van der Waals surface area contributed by atoms with Gasteiger partial charge >= 0.3 is 0 Å². The molecule has 2 unspecified atom stereocenters. The average molecular weight is 360 g/mol. The van der Waals surface area contributed by atoms with Gasteiger partial charge in [-0.05, 0) is 42.6 Å². The van der Waals surface area contributed by atoms with Gasteiger partial charge in [0.1, 0.15) is 5.78 Å². The van der Waals surface area contributed by atoms with Crippen molar-refractivity contribution in [1.29, 1.82) is 5.26 Å². The molecule has 2 aromatic rings. The fourth-order valence-electron chi connectivity index (χ4n) is 4.34. The minimum absolute atomic E-state index is 0.138. The number of nitriles is 1. The molecule has 138 valence electrons. The molecule has 2 heterocycles. The van der Waals surface area contributed by atoms with Crippen LogP contribution in [0.25, 0.3) is 11.1 Å². The first kappa shape index (κ1) is 17.9. The summed E-state index contributed by atoms with van der Waals surface area (Å²) in [7, 11) is 2.15. The van der Waals surface area contributed by atoms with Crippen molar-refractivity contribution in [3.63, 3.8) is 0 Å². The SMILES string of the molecule is CN1C2COCC1CC(C(=O)Cc1ccc(-c3ccccc3C#N)cc1)C2. The average Bonchev–Trinajstić information content (AvgIpc) is 2.68. The van der Waals surface area contributed by atoms with E-state index in [0.717, 1.165) is 42.7 Å². The van der Waals surface area contributed by atoms with Crippen LogP contribution < -0.4 is 0 Å². The van der Waals surface area contributed by atoms with Gasteiger partial charge in [0, 0.05) is 24.4 Å². The van der Waals surface area contributed by atoms with Gasteiger partial charge in [0.15, 0.2) is 0 Å². The lowest BCUT2D eigenvalue weighted by Gasteiger charge is -2.46. The molecule has 0 aliphatic carbocycles. The lowest BCUT2D eigenvalue weighted by Crippen LogP contribution is -2.55. The van der Waals surface area contributed by atoms with Gasteiger partial charge in [0.05, 0.1) is 24.8 Å². The Hall–Kier alpha value is -2.48. The minimum Gasteiger partial charge on any atom is -0.378 e. The van der Waals surface area contributed by atoms with Gasteiger partial charge in [-0.3, -0.25) is 9.69 Å². The second-order valence-electron chi connectivity index (χ2n) is 7.68. The molecule has 4 rings (SSSR count). The van der Waals surface area contributed by atoms with Crippen molar-refractivity contribution in [3.05, 3.63) is 59.7 Å². The van der Waals surface area contributed by atoms with E-state index in [1.165, 1.54) is 0 Å². The number of nitrogens with zero attached hydrogens (tertiary/aromatic N) is 2. The first-order valence-corrected chi connectivity index (χ1v) is 9.56. The maximum atomic E-state index is 12.9. The molecule has 4 heteroatoms. The topological polar surface area (TPSA) is 53.3 Å². The molecule has 0 spiro atoms. The van der Waals surface area contributed by atoms with Gasteiger partial charge in [-0.15, -0.1) is 0 Å². The molecule has 27 heavy (non-hydrogen) atoms. The third-order valence-electron chi connectivity index (χ3n) is 6.03. The standard InChI is InChI=1S/C23H24N2O2/c1-25-20-11-19(12-21(25)15-27-14-20)23(26)10-16-6-8-17(9-7-16)22-5-3-2-4-18(22)13-24/h2-9,19-21H,10-12,14-15H2,1H3. The second kappa shape index (κ2) is 7.64. The molecule has 0 N–H and O–H groups in total. The molecule has 2 fully saturated rings. The zero-order valence-electron chi connectivity index (χ0n) is 15.6. The van der Waals surface area contributed by atoms with E-state index in [9.17, 15) is 10.1 Å². The van der Waals surface area contributed by atoms with Crippen LogP contribution in [0.4, 0.5) is 0 Å². The maximum Gasteiger partial charge on any atom is 0.140 e. The van der Waals surface area contributed by atoms with Crippen molar-refractivity contribution in [2.75, 3.05) is 20.3 Å². The molecule has 2 bridgehead atoms. The van der Waals surface area contributed by atoms with Crippen molar-refractivity contribution < 1.29 is 9.53 Å². The summed E-state index contributed by atoms with van der Waals surface area (Å²) in [4.78, 5) is 15.2. The number of hydrogen-bond acceptors (Lipinski definition) is 4. The highest BCUT2D eigenvalue weighted by atomic mass is 16.5. The Morgan fingerprint density at radius 3 is 2.44 bits per heavy atom. The molecular formula is C23H24N2O2. The van der Waals surface area contributed by atoms with E-state index >= 15 is 0 Å². The number of likely N-dealkylation sites (N-methyl/N-ethyl adjacent to an activating group) is 1. The number of rotatable bonds is 4. The number of fused-ring (bicyclic) bond motifs is 2. The normalized spacial score (nSPS) is 25.0. The maximum absolute atomic E-state index is 12.9. The number of ether oxygens (including phenoxy) is 1. The summed E-state index contributed by atoms with van der Waals surface area (Å²) < 4.78 is 5.65. The predicted molar refractivity (Wildman–Crippen MR) is 104 cm³/mol. The highest BCUT2D eigenvalue weighted by molar-refractivity contribution is 5.83. The van der Waals surface area contributed by atoms with Gasteiger partial charge in [-0.1, -0.05) is 42.5 Å². The zero-order valence-corrected chi connectivity index (χ0v) is 15.6. The predicted octanol–water partition coefficient (Wildman–Crippen LogP) is 3.45. The monoisotopic (exact) mass is 360 g/mol. The van der Waals surface area contributed by atoms with Crippen LogP contribution in [0.1, 0.15) is 24.0 Å². The third kappa shape index (κ3) is 3.66. The van der Waals surface area contributed by atoms with E-state index < -0.39 is 0 Å². The van der Waals surface area contributed by atoms with Crippen molar-refractivity contribution >= 4 is 5.78 Å². The molecule has 0 saturated carbocycles. The Balaban J connectivity index is 1.44. The van der Waals surface area contributed by atoms with E-state index in [1.807, 2.05) is 48.5 Å². The Bertz CT molecular complexity index is 855. The van der Waals surface area contributed by atoms with Crippen LogP contribution in [0, 0.1) is 17.2 Å². The summed E-state index contributed by atoms with van der Waals surface area (Å²) in [6.45, 7) is 1.48. The molecule has 2 saturated heterocycles. The quantitative estimate of drug-likeness (QED) is 0.838. The van der Waals surface area contributed by atoms with Crippen LogP contribution in [0.15, 0.2) is 48.5 Å². The highest BCUT2D eigenvalue weighted by Gasteiger charge is 2.39. The first-order chi connectivity index (χ1) is 13.2. The van der Waals surface area contributed by atoms with Crippen molar-refractivity contribution in [3.8, 4) is 17.2 Å². The summed E-state index contributed by atoms with van der Waals surface area (Å²) in [5.41, 5.74) is 3.65. The lowest BCUT2D eigenvalue weighted by molar-refractivity contribution is -0.130. The Morgan fingerprint density at radius 2 is 1.78 bits per heavy atom. The van der Waals surface area contributed by atoms with Crippen LogP contribution in [0.3, 0.4) is 0 Å². The largest absolute Gasteiger partial charge is 0.378 e. The lowest BCUT2D eigenvalue weighted by atomic mass is 9.81. The van der Waals surface area contributed by atoms with Gasteiger partial charge < -0.3 is 4.74 Å². The smallest absolute Gasteiger partial charge is 0.140 e. The fraction of sp³-hybridized carbons (Fsp3) is 0.391. The van der Waals surface area contributed by atoms with Gasteiger partial charge in [-0.25, -0.2) is 0 Å². The van der Waals surface area contributed by atoms with E-state index in [1.54, 1.807) is 0 Å². The Kier molecular flexibility index (Phi) is 5.07. The minimum atomic E-state index is 0.138. The molecule has 0 amide bonds. The van der Waals surface area contributed by atoms with Crippen LogP contribution in [0.2, 0.25) is 0 Å².